The van der Waals surface area contributed by atoms with Crippen LogP contribution in [0.1, 0.15) is 67.9 Å². The Bertz CT molecular complexity index is 1660. The maximum absolute atomic E-state index is 13.8. The molecule has 3 heterocycles. The zero-order chi connectivity index (χ0) is 29.7. The van der Waals surface area contributed by atoms with Gasteiger partial charge in [0.2, 0.25) is 0 Å². The second-order valence-electron chi connectivity index (χ2n) is 11.7. The van der Waals surface area contributed by atoms with Gasteiger partial charge < -0.3 is 10.6 Å². The molecule has 1 aliphatic carbocycles. The number of aryl methyl sites for hydroxylation is 2. The summed E-state index contributed by atoms with van der Waals surface area (Å²) >= 11 is 6.69. The van der Waals surface area contributed by atoms with Gasteiger partial charge in [-0.15, -0.1) is 5.10 Å². The Kier molecular flexibility index (Phi) is 7.10. The molecule has 0 bridgehead atoms. The van der Waals surface area contributed by atoms with Crippen LogP contribution in [0, 0.1) is 30.6 Å². The van der Waals surface area contributed by atoms with Gasteiger partial charge in [0.05, 0.1) is 34.0 Å². The molecule has 12 heteroatoms. The SMILES string of the molecule is Cc1ccc([C@H](Nc2cc(Cl)c3ncc(C#N)c(NCC(C)(C)C)c3c2)c2cn(C3(C(F)(F)F)CC3)nn2)c(C)n1. The maximum Gasteiger partial charge on any atom is 0.413 e. The molecule has 1 aliphatic rings. The second-order valence-corrected chi connectivity index (χ2v) is 12.2. The molecule has 3 aromatic heterocycles. The predicted molar refractivity (Wildman–Crippen MR) is 152 cm³/mol. The van der Waals surface area contributed by atoms with Gasteiger partial charge in [-0.2, -0.15) is 18.4 Å². The number of rotatable bonds is 7. The highest BCUT2D eigenvalue weighted by Gasteiger charge is 2.66. The Morgan fingerprint density at radius 3 is 2.51 bits per heavy atom. The van der Waals surface area contributed by atoms with E-state index >= 15 is 0 Å². The summed E-state index contributed by atoms with van der Waals surface area (Å²) in [6, 6.07) is 8.74. The lowest BCUT2D eigenvalue weighted by Crippen LogP contribution is -2.35. The molecule has 4 aromatic rings. The van der Waals surface area contributed by atoms with Gasteiger partial charge in [-0.25, -0.2) is 4.68 Å². The quantitative estimate of drug-likeness (QED) is 0.240. The Hall–Kier alpha value is -3.91. The van der Waals surface area contributed by atoms with E-state index in [0.29, 0.717) is 50.8 Å². The molecule has 41 heavy (non-hydrogen) atoms. The summed E-state index contributed by atoms with van der Waals surface area (Å²) in [6.07, 6.45) is -1.67. The average molecular weight is 583 g/mol. The highest BCUT2D eigenvalue weighted by Crippen LogP contribution is 2.55. The molecule has 1 fully saturated rings. The number of alkyl halides is 3. The first-order valence-electron chi connectivity index (χ1n) is 13.2. The van der Waals surface area contributed by atoms with Crippen molar-refractivity contribution >= 4 is 33.9 Å². The van der Waals surface area contributed by atoms with Crippen molar-refractivity contribution in [3.63, 3.8) is 0 Å². The van der Waals surface area contributed by atoms with Gasteiger partial charge in [0.15, 0.2) is 5.54 Å². The van der Waals surface area contributed by atoms with E-state index in [1.165, 1.54) is 12.4 Å². The van der Waals surface area contributed by atoms with E-state index in [2.05, 4.69) is 57.8 Å². The fourth-order valence-corrected chi connectivity index (χ4v) is 5.10. The van der Waals surface area contributed by atoms with Gasteiger partial charge in [0, 0.05) is 40.8 Å². The predicted octanol–water partition coefficient (Wildman–Crippen LogP) is 7.07. The highest BCUT2D eigenvalue weighted by atomic mass is 35.5. The number of aromatic nitrogens is 5. The van der Waals surface area contributed by atoms with Crippen molar-refractivity contribution in [2.75, 3.05) is 17.2 Å². The van der Waals surface area contributed by atoms with Crippen molar-refractivity contribution in [1.29, 1.82) is 5.26 Å². The summed E-state index contributed by atoms with van der Waals surface area (Å²) in [7, 11) is 0. The second kappa shape index (κ2) is 10.2. The van der Waals surface area contributed by atoms with Crippen LogP contribution in [0.25, 0.3) is 10.9 Å². The number of halogens is 4. The van der Waals surface area contributed by atoms with E-state index in [0.717, 1.165) is 15.9 Å². The molecular weight excluding hydrogens is 553 g/mol. The standard InChI is InChI=1S/C29H30ClF3N8/c1-16-6-7-20(17(2)37-16)26(23-14-41(40-39-23)28(8-9-28)29(31,32)33)38-19-10-21-24(36-15-27(3,4)5)18(12-34)13-35-25(21)22(30)11-19/h6-7,10-11,13-14,26,38H,8-9,15H2,1-5H3,(H,35,36)/t26-/m0/s1. The fourth-order valence-electron chi connectivity index (χ4n) is 4.83. The summed E-state index contributed by atoms with van der Waals surface area (Å²) in [4.78, 5) is 8.98. The van der Waals surface area contributed by atoms with Crippen molar-refractivity contribution in [2.45, 2.75) is 65.2 Å². The van der Waals surface area contributed by atoms with Gasteiger partial charge in [-0.1, -0.05) is 43.7 Å². The molecule has 214 valence electrons. The Morgan fingerprint density at radius 1 is 1.17 bits per heavy atom. The molecule has 1 aromatic carbocycles. The average Bonchev–Trinajstić information content (AvgIpc) is 3.57. The van der Waals surface area contributed by atoms with E-state index in [1.807, 2.05) is 32.0 Å². The minimum Gasteiger partial charge on any atom is -0.383 e. The minimum atomic E-state index is -4.43. The van der Waals surface area contributed by atoms with Gasteiger partial charge >= 0.3 is 6.18 Å². The smallest absolute Gasteiger partial charge is 0.383 e. The van der Waals surface area contributed by atoms with Crippen LogP contribution in [0.15, 0.2) is 36.7 Å². The Labute approximate surface area is 240 Å². The minimum absolute atomic E-state index is 0.0403. The summed E-state index contributed by atoms with van der Waals surface area (Å²) in [5, 5.41) is 25.7. The summed E-state index contributed by atoms with van der Waals surface area (Å²) < 4.78 is 42.4. The van der Waals surface area contributed by atoms with Crippen LogP contribution >= 0.6 is 11.6 Å². The van der Waals surface area contributed by atoms with Crippen molar-refractivity contribution in [2.24, 2.45) is 5.41 Å². The third-order valence-electron chi connectivity index (χ3n) is 7.23. The van der Waals surface area contributed by atoms with Gasteiger partial charge in [-0.3, -0.25) is 9.97 Å². The van der Waals surface area contributed by atoms with Gasteiger partial charge in [0.25, 0.3) is 0 Å². The van der Waals surface area contributed by atoms with Crippen molar-refractivity contribution in [1.82, 2.24) is 25.0 Å². The number of nitriles is 1. The normalized spacial score (nSPS) is 15.4. The summed E-state index contributed by atoms with van der Waals surface area (Å²) in [5.41, 5.74) is 2.50. The summed E-state index contributed by atoms with van der Waals surface area (Å²) in [5.74, 6) is 0. The molecule has 0 aliphatic heterocycles. The van der Waals surface area contributed by atoms with Crippen LogP contribution in [0.2, 0.25) is 5.02 Å². The molecule has 0 amide bonds. The number of benzene rings is 1. The lowest BCUT2D eigenvalue weighted by Gasteiger charge is -2.23. The lowest BCUT2D eigenvalue weighted by molar-refractivity contribution is -0.182. The third-order valence-corrected chi connectivity index (χ3v) is 7.51. The van der Waals surface area contributed by atoms with Crippen LogP contribution in [-0.2, 0) is 5.54 Å². The van der Waals surface area contributed by atoms with Crippen molar-refractivity contribution < 1.29 is 13.2 Å². The molecule has 0 spiro atoms. The van der Waals surface area contributed by atoms with E-state index in [-0.39, 0.29) is 18.3 Å². The van der Waals surface area contributed by atoms with Crippen LogP contribution in [0.4, 0.5) is 24.5 Å². The zero-order valence-corrected chi connectivity index (χ0v) is 24.1. The zero-order valence-electron chi connectivity index (χ0n) is 23.4. The van der Waals surface area contributed by atoms with E-state index < -0.39 is 17.8 Å². The number of anilines is 2. The van der Waals surface area contributed by atoms with Crippen LogP contribution in [-0.4, -0.2) is 37.7 Å². The van der Waals surface area contributed by atoms with Crippen molar-refractivity contribution in [3.8, 4) is 6.07 Å². The highest BCUT2D eigenvalue weighted by molar-refractivity contribution is 6.35. The van der Waals surface area contributed by atoms with E-state index in [4.69, 9.17) is 11.6 Å². The number of pyridine rings is 2. The number of fused-ring (bicyclic) bond motifs is 1. The first-order chi connectivity index (χ1) is 19.2. The monoisotopic (exact) mass is 582 g/mol. The molecule has 5 rings (SSSR count). The molecule has 1 saturated carbocycles. The Balaban J connectivity index is 1.61. The topological polar surface area (TPSA) is 104 Å². The number of hydrogen-bond acceptors (Lipinski definition) is 7. The first kappa shape index (κ1) is 28.6. The van der Waals surface area contributed by atoms with Gasteiger partial charge in [0.1, 0.15) is 11.8 Å². The van der Waals surface area contributed by atoms with Crippen LogP contribution < -0.4 is 10.6 Å². The van der Waals surface area contributed by atoms with Crippen LogP contribution in [0.3, 0.4) is 0 Å². The first-order valence-corrected chi connectivity index (χ1v) is 13.6. The lowest BCUT2D eigenvalue weighted by atomic mass is 9.96. The largest absolute Gasteiger partial charge is 0.413 e. The molecule has 0 saturated heterocycles. The number of nitrogens with zero attached hydrogens (tertiary/aromatic N) is 6. The number of hydrogen-bond donors (Lipinski definition) is 2. The molecule has 8 nitrogen and oxygen atoms in total. The molecule has 2 N–H and O–H groups in total. The van der Waals surface area contributed by atoms with E-state index in [1.54, 1.807) is 6.07 Å². The van der Waals surface area contributed by atoms with Gasteiger partial charge in [-0.05, 0) is 50.3 Å². The van der Waals surface area contributed by atoms with E-state index in [9.17, 15) is 18.4 Å². The Morgan fingerprint density at radius 2 is 1.90 bits per heavy atom. The number of nitrogens with one attached hydrogen (secondary N) is 2. The fraction of sp³-hybridized carbons (Fsp3) is 0.414. The molecule has 1 atom stereocenters. The third kappa shape index (κ3) is 5.53. The molecule has 0 unspecified atom stereocenters. The van der Waals surface area contributed by atoms with Crippen molar-refractivity contribution in [3.05, 3.63) is 69.9 Å². The summed E-state index contributed by atoms with van der Waals surface area (Å²) in [6.45, 7) is 10.5. The van der Waals surface area contributed by atoms with Crippen LogP contribution in [0.5, 0.6) is 0 Å². The molecular formula is C29H30ClF3N8. The molecule has 0 radical (unpaired) electrons. The maximum atomic E-state index is 13.8.